The number of halogens is 2. The number of hydrogen-bond donors (Lipinski definition) is 2. The number of para-hydroxylation sites is 1. The summed E-state index contributed by atoms with van der Waals surface area (Å²) in [5, 5.41) is 15.9. The smallest absolute Gasteiger partial charge is 0.267 e. The van der Waals surface area contributed by atoms with Gasteiger partial charge >= 0.3 is 0 Å². The summed E-state index contributed by atoms with van der Waals surface area (Å²) < 4.78 is 0. The van der Waals surface area contributed by atoms with Gasteiger partial charge in [0.15, 0.2) is 0 Å². The number of carbonyl (C=O) groups excluding carboxylic acids is 1. The van der Waals surface area contributed by atoms with Crippen LogP contribution in [0.4, 0.5) is 11.4 Å². The van der Waals surface area contributed by atoms with E-state index in [9.17, 15) is 10.1 Å². The molecule has 2 rings (SSSR count). The van der Waals surface area contributed by atoms with E-state index in [4.69, 9.17) is 23.2 Å². The van der Waals surface area contributed by atoms with Crippen molar-refractivity contribution >= 4 is 40.5 Å². The predicted molar refractivity (Wildman–Crippen MR) is 108 cm³/mol. The average molecular weight is 388 g/mol. The summed E-state index contributed by atoms with van der Waals surface area (Å²) >= 11 is 11.9. The Morgan fingerprint density at radius 2 is 1.81 bits per heavy atom. The summed E-state index contributed by atoms with van der Waals surface area (Å²) in [6.45, 7) is 4.12. The van der Waals surface area contributed by atoms with E-state index in [-0.39, 0.29) is 5.57 Å². The van der Waals surface area contributed by atoms with Gasteiger partial charge < -0.3 is 10.6 Å². The minimum absolute atomic E-state index is 0.0519. The number of benzene rings is 2. The molecule has 0 saturated heterocycles. The second kappa shape index (κ2) is 9.28. The number of hydrogen-bond acceptors (Lipinski definition) is 3. The second-order valence-corrected chi connectivity index (χ2v) is 6.39. The lowest BCUT2D eigenvalue weighted by molar-refractivity contribution is -0.112. The van der Waals surface area contributed by atoms with Gasteiger partial charge in [-0.15, -0.1) is 0 Å². The van der Waals surface area contributed by atoms with Crippen LogP contribution in [-0.2, 0) is 17.6 Å². The van der Waals surface area contributed by atoms with Crippen molar-refractivity contribution in [2.24, 2.45) is 0 Å². The SMILES string of the molecule is CCc1cccc(CC)c1N/C=C(/C#N)C(=O)Nc1ccc(Cl)cc1Cl. The summed E-state index contributed by atoms with van der Waals surface area (Å²) in [7, 11) is 0. The molecule has 2 N–H and O–H groups in total. The van der Waals surface area contributed by atoms with Crippen molar-refractivity contribution in [3.8, 4) is 6.07 Å². The minimum atomic E-state index is -0.545. The lowest BCUT2D eigenvalue weighted by Gasteiger charge is -2.13. The van der Waals surface area contributed by atoms with E-state index >= 15 is 0 Å². The monoisotopic (exact) mass is 387 g/mol. The molecule has 0 spiro atoms. The van der Waals surface area contributed by atoms with Crippen molar-refractivity contribution in [3.05, 3.63) is 69.3 Å². The van der Waals surface area contributed by atoms with E-state index < -0.39 is 5.91 Å². The number of amides is 1. The molecule has 2 aromatic rings. The van der Waals surface area contributed by atoms with E-state index in [1.807, 2.05) is 24.3 Å². The van der Waals surface area contributed by atoms with Gasteiger partial charge in [0.1, 0.15) is 11.6 Å². The highest BCUT2D eigenvalue weighted by Crippen LogP contribution is 2.26. The van der Waals surface area contributed by atoms with Crippen LogP contribution < -0.4 is 10.6 Å². The van der Waals surface area contributed by atoms with Crippen molar-refractivity contribution in [2.75, 3.05) is 10.6 Å². The first-order valence-corrected chi connectivity index (χ1v) is 8.99. The topological polar surface area (TPSA) is 64.9 Å². The molecular weight excluding hydrogens is 369 g/mol. The van der Waals surface area contributed by atoms with E-state index in [1.54, 1.807) is 12.1 Å². The molecule has 26 heavy (non-hydrogen) atoms. The summed E-state index contributed by atoms with van der Waals surface area (Å²) in [5.74, 6) is -0.545. The van der Waals surface area contributed by atoms with Gasteiger partial charge in [-0.05, 0) is 42.2 Å². The number of nitrogens with one attached hydrogen (secondary N) is 2. The summed E-state index contributed by atoms with van der Waals surface area (Å²) in [6.07, 6.45) is 3.11. The van der Waals surface area contributed by atoms with Gasteiger partial charge in [-0.25, -0.2) is 0 Å². The van der Waals surface area contributed by atoms with E-state index in [2.05, 4.69) is 24.5 Å². The Morgan fingerprint density at radius 3 is 2.35 bits per heavy atom. The molecular formula is C20H19Cl2N3O. The van der Waals surface area contributed by atoms with Gasteiger partial charge in [0.2, 0.25) is 0 Å². The number of anilines is 2. The largest absolute Gasteiger partial charge is 0.360 e. The van der Waals surface area contributed by atoms with Gasteiger partial charge in [0, 0.05) is 16.9 Å². The fraction of sp³-hybridized carbons (Fsp3) is 0.200. The van der Waals surface area contributed by atoms with Crippen LogP contribution in [-0.4, -0.2) is 5.91 Å². The molecule has 0 bridgehead atoms. The van der Waals surface area contributed by atoms with Crippen LogP contribution in [0.2, 0.25) is 10.0 Å². The Balaban J connectivity index is 2.23. The Morgan fingerprint density at radius 1 is 1.15 bits per heavy atom. The van der Waals surface area contributed by atoms with Crippen LogP contribution in [0.3, 0.4) is 0 Å². The zero-order chi connectivity index (χ0) is 19.1. The third-order valence-corrected chi connectivity index (χ3v) is 4.45. The van der Waals surface area contributed by atoms with Gasteiger partial charge in [0.05, 0.1) is 10.7 Å². The Labute approximate surface area is 163 Å². The molecule has 0 aliphatic carbocycles. The van der Waals surface area contributed by atoms with E-state index in [0.29, 0.717) is 15.7 Å². The molecule has 0 heterocycles. The van der Waals surface area contributed by atoms with Crippen LogP contribution >= 0.6 is 23.2 Å². The normalized spacial score (nSPS) is 11.0. The Hall–Kier alpha value is -2.48. The van der Waals surface area contributed by atoms with Crippen molar-refractivity contribution in [1.82, 2.24) is 0 Å². The maximum absolute atomic E-state index is 12.4. The standard InChI is InChI=1S/C20H19Cl2N3O/c1-3-13-6-5-7-14(4-2)19(13)24-12-15(11-23)20(26)25-18-9-8-16(21)10-17(18)22/h5-10,12,24H,3-4H2,1-2H3,(H,25,26)/b15-12-. The van der Waals surface area contributed by atoms with Crippen LogP contribution in [0, 0.1) is 11.3 Å². The zero-order valence-corrected chi connectivity index (χ0v) is 16.1. The molecule has 134 valence electrons. The molecule has 0 aliphatic heterocycles. The lowest BCUT2D eigenvalue weighted by Crippen LogP contribution is -2.15. The van der Waals surface area contributed by atoms with Crippen molar-refractivity contribution in [2.45, 2.75) is 26.7 Å². The molecule has 4 nitrogen and oxygen atoms in total. The quantitative estimate of drug-likeness (QED) is 0.502. The first-order valence-electron chi connectivity index (χ1n) is 8.24. The van der Waals surface area contributed by atoms with E-state index in [0.717, 1.165) is 29.7 Å². The zero-order valence-electron chi connectivity index (χ0n) is 14.6. The van der Waals surface area contributed by atoms with Crippen LogP contribution in [0.5, 0.6) is 0 Å². The highest BCUT2D eigenvalue weighted by molar-refractivity contribution is 6.36. The van der Waals surface area contributed by atoms with Crippen molar-refractivity contribution < 1.29 is 4.79 Å². The summed E-state index contributed by atoms with van der Waals surface area (Å²) in [5.41, 5.74) is 3.52. The molecule has 0 aromatic heterocycles. The van der Waals surface area contributed by atoms with Gasteiger partial charge in [0.25, 0.3) is 5.91 Å². The molecule has 2 aromatic carbocycles. The summed E-state index contributed by atoms with van der Waals surface area (Å²) in [4.78, 5) is 12.4. The van der Waals surface area contributed by atoms with E-state index in [1.165, 1.54) is 12.3 Å². The van der Waals surface area contributed by atoms with Gasteiger partial charge in [-0.2, -0.15) is 5.26 Å². The lowest BCUT2D eigenvalue weighted by atomic mass is 10.0. The highest BCUT2D eigenvalue weighted by Gasteiger charge is 2.12. The molecule has 0 saturated carbocycles. The number of carbonyl (C=O) groups is 1. The maximum atomic E-state index is 12.4. The Bertz CT molecular complexity index is 863. The van der Waals surface area contributed by atoms with Crippen LogP contribution in [0.25, 0.3) is 0 Å². The molecule has 0 unspecified atom stereocenters. The molecule has 0 fully saturated rings. The number of nitriles is 1. The molecule has 0 aliphatic rings. The molecule has 6 heteroatoms. The minimum Gasteiger partial charge on any atom is -0.360 e. The summed E-state index contributed by atoms with van der Waals surface area (Å²) in [6, 6.07) is 12.7. The molecule has 0 atom stereocenters. The number of rotatable bonds is 6. The fourth-order valence-electron chi connectivity index (χ4n) is 2.50. The van der Waals surface area contributed by atoms with Crippen molar-refractivity contribution in [3.63, 3.8) is 0 Å². The molecule has 1 amide bonds. The van der Waals surface area contributed by atoms with Gasteiger partial charge in [-0.3, -0.25) is 4.79 Å². The highest BCUT2D eigenvalue weighted by atomic mass is 35.5. The first-order chi connectivity index (χ1) is 12.5. The third kappa shape index (κ3) is 4.78. The average Bonchev–Trinajstić information content (AvgIpc) is 2.64. The third-order valence-electron chi connectivity index (χ3n) is 3.90. The van der Waals surface area contributed by atoms with Crippen LogP contribution in [0.15, 0.2) is 48.2 Å². The number of nitrogens with zero attached hydrogens (tertiary/aromatic N) is 1. The number of aryl methyl sites for hydroxylation is 2. The predicted octanol–water partition coefficient (Wildman–Crippen LogP) is 5.58. The second-order valence-electron chi connectivity index (χ2n) is 5.55. The first kappa shape index (κ1) is 19.8. The van der Waals surface area contributed by atoms with Gasteiger partial charge in [-0.1, -0.05) is 55.2 Å². The van der Waals surface area contributed by atoms with Crippen LogP contribution in [0.1, 0.15) is 25.0 Å². The maximum Gasteiger partial charge on any atom is 0.267 e. The Kier molecular flexibility index (Phi) is 7.08. The van der Waals surface area contributed by atoms with Crippen molar-refractivity contribution in [1.29, 1.82) is 5.26 Å². The fourth-order valence-corrected chi connectivity index (χ4v) is 2.96. The molecule has 0 radical (unpaired) electrons.